The van der Waals surface area contributed by atoms with Crippen LogP contribution in [0.3, 0.4) is 0 Å². The van der Waals surface area contributed by atoms with Crippen molar-refractivity contribution in [3.8, 4) is 0 Å². The zero-order valence-corrected chi connectivity index (χ0v) is 8.95. The van der Waals surface area contributed by atoms with E-state index in [2.05, 4.69) is 0 Å². The zero-order valence-electron chi connectivity index (χ0n) is 8.95. The molecule has 0 saturated carbocycles. The highest BCUT2D eigenvalue weighted by molar-refractivity contribution is 5.87. The largest absolute Gasteiger partial charge is 0.366 e. The Balaban J connectivity index is 4.92. The van der Waals surface area contributed by atoms with E-state index in [9.17, 15) is 4.79 Å². The number of carbonyl (C=O) groups excluding carboxylic acids is 1. The molecule has 0 saturated heterocycles. The van der Waals surface area contributed by atoms with E-state index < -0.39 is 5.91 Å². The van der Waals surface area contributed by atoms with E-state index in [1.807, 2.05) is 51.2 Å². The van der Waals surface area contributed by atoms with Crippen molar-refractivity contribution in [2.45, 2.75) is 20.8 Å². The van der Waals surface area contributed by atoms with Crippen LogP contribution < -0.4 is 5.73 Å². The first kappa shape index (κ1) is 12.4. The van der Waals surface area contributed by atoms with Gasteiger partial charge in [-0.3, -0.25) is 4.79 Å². The van der Waals surface area contributed by atoms with Crippen molar-refractivity contribution in [3.05, 3.63) is 47.6 Å². The number of rotatable bonds is 4. The van der Waals surface area contributed by atoms with Crippen molar-refractivity contribution >= 4 is 5.91 Å². The molecule has 2 nitrogen and oxygen atoms in total. The first-order valence-electron chi connectivity index (χ1n) is 4.55. The SMILES string of the molecule is C\C=C/C=C(\C=C/C)C(/C)=C/C(N)=O. The Morgan fingerprint density at radius 1 is 1.21 bits per heavy atom. The van der Waals surface area contributed by atoms with Crippen LogP contribution in [0, 0.1) is 0 Å². The molecule has 0 aliphatic rings. The lowest BCUT2D eigenvalue weighted by Gasteiger charge is -1.99. The number of allylic oxidation sites excluding steroid dienone is 7. The van der Waals surface area contributed by atoms with Crippen LogP contribution in [0.1, 0.15) is 20.8 Å². The fraction of sp³-hybridized carbons (Fsp3) is 0.250. The third-order valence-corrected chi connectivity index (χ3v) is 1.63. The van der Waals surface area contributed by atoms with Gasteiger partial charge >= 0.3 is 0 Å². The van der Waals surface area contributed by atoms with Crippen LogP contribution in [-0.2, 0) is 4.79 Å². The van der Waals surface area contributed by atoms with E-state index in [0.717, 1.165) is 11.1 Å². The van der Waals surface area contributed by atoms with Gasteiger partial charge in [0.15, 0.2) is 0 Å². The van der Waals surface area contributed by atoms with Gasteiger partial charge in [-0.1, -0.05) is 30.4 Å². The normalized spacial score (nSPS) is 14.2. The van der Waals surface area contributed by atoms with Crippen LogP contribution in [0.5, 0.6) is 0 Å². The van der Waals surface area contributed by atoms with Crippen LogP contribution in [0.15, 0.2) is 47.6 Å². The van der Waals surface area contributed by atoms with E-state index in [-0.39, 0.29) is 0 Å². The maximum absolute atomic E-state index is 10.7. The van der Waals surface area contributed by atoms with Crippen molar-refractivity contribution in [1.82, 2.24) is 0 Å². The topological polar surface area (TPSA) is 43.1 Å². The maximum atomic E-state index is 10.7. The van der Waals surface area contributed by atoms with Gasteiger partial charge in [-0.05, 0) is 31.9 Å². The Kier molecular flexibility index (Phi) is 6.12. The molecule has 2 heteroatoms. The van der Waals surface area contributed by atoms with Gasteiger partial charge < -0.3 is 5.73 Å². The zero-order chi connectivity index (χ0) is 11.0. The number of amides is 1. The van der Waals surface area contributed by atoms with Gasteiger partial charge in [0, 0.05) is 6.08 Å². The van der Waals surface area contributed by atoms with Crippen LogP contribution >= 0.6 is 0 Å². The minimum absolute atomic E-state index is 0.418. The number of nitrogens with two attached hydrogens (primary N) is 1. The second kappa shape index (κ2) is 6.89. The quantitative estimate of drug-likeness (QED) is 0.538. The smallest absolute Gasteiger partial charge is 0.241 e. The second-order valence-corrected chi connectivity index (χ2v) is 2.88. The molecule has 2 N–H and O–H groups in total. The molecule has 0 spiro atoms. The third kappa shape index (κ3) is 5.14. The summed E-state index contributed by atoms with van der Waals surface area (Å²) in [7, 11) is 0. The highest BCUT2D eigenvalue weighted by atomic mass is 16.1. The Morgan fingerprint density at radius 2 is 1.86 bits per heavy atom. The standard InChI is InChI=1S/C12H17NO/c1-4-6-8-11(7-5-2)10(3)9-12(13)14/h4-9H,1-3H3,(H2,13,14)/b6-4-,7-5-,10-9+,11-8+. The van der Waals surface area contributed by atoms with Crippen LogP contribution in [0.4, 0.5) is 0 Å². The van der Waals surface area contributed by atoms with Crippen molar-refractivity contribution in [1.29, 1.82) is 0 Å². The average Bonchev–Trinajstić information content (AvgIpc) is 2.10. The molecule has 0 atom stereocenters. The van der Waals surface area contributed by atoms with Gasteiger partial charge in [-0.2, -0.15) is 0 Å². The van der Waals surface area contributed by atoms with E-state index in [0.29, 0.717) is 0 Å². The minimum atomic E-state index is -0.418. The van der Waals surface area contributed by atoms with Gasteiger partial charge in [0.25, 0.3) is 0 Å². The summed E-state index contributed by atoms with van der Waals surface area (Å²) in [6, 6.07) is 0. The van der Waals surface area contributed by atoms with E-state index in [1.54, 1.807) is 0 Å². The summed E-state index contributed by atoms with van der Waals surface area (Å²) in [6.45, 7) is 5.73. The van der Waals surface area contributed by atoms with Gasteiger partial charge in [0.1, 0.15) is 0 Å². The highest BCUT2D eigenvalue weighted by Crippen LogP contribution is 2.10. The molecular formula is C12H17NO. The lowest BCUT2D eigenvalue weighted by molar-refractivity contribution is -0.113. The lowest BCUT2D eigenvalue weighted by atomic mass is 10.1. The Hall–Kier alpha value is -1.57. The number of primary amides is 1. The molecule has 0 aromatic rings. The fourth-order valence-electron chi connectivity index (χ4n) is 0.995. The monoisotopic (exact) mass is 191 g/mol. The average molecular weight is 191 g/mol. The first-order chi connectivity index (χ1) is 6.61. The molecular weight excluding hydrogens is 174 g/mol. The van der Waals surface area contributed by atoms with Crippen molar-refractivity contribution in [2.24, 2.45) is 5.73 Å². The van der Waals surface area contributed by atoms with Crippen LogP contribution in [-0.4, -0.2) is 5.91 Å². The molecule has 0 fully saturated rings. The molecule has 0 aromatic carbocycles. The van der Waals surface area contributed by atoms with Gasteiger partial charge in [0.05, 0.1) is 0 Å². The Labute approximate surface area is 85.5 Å². The van der Waals surface area contributed by atoms with Crippen molar-refractivity contribution in [2.75, 3.05) is 0 Å². The van der Waals surface area contributed by atoms with E-state index >= 15 is 0 Å². The Bertz CT molecular complexity index is 306. The molecule has 76 valence electrons. The fourth-order valence-corrected chi connectivity index (χ4v) is 0.995. The molecule has 0 aliphatic heterocycles. The first-order valence-corrected chi connectivity index (χ1v) is 4.55. The van der Waals surface area contributed by atoms with Gasteiger partial charge in [-0.25, -0.2) is 0 Å². The summed E-state index contributed by atoms with van der Waals surface area (Å²) >= 11 is 0. The van der Waals surface area contributed by atoms with E-state index in [4.69, 9.17) is 5.73 Å². The van der Waals surface area contributed by atoms with Gasteiger partial charge in [-0.15, -0.1) is 0 Å². The summed E-state index contributed by atoms with van der Waals surface area (Å²) in [4.78, 5) is 10.7. The van der Waals surface area contributed by atoms with E-state index in [1.165, 1.54) is 6.08 Å². The Morgan fingerprint density at radius 3 is 2.29 bits per heavy atom. The summed E-state index contributed by atoms with van der Waals surface area (Å²) < 4.78 is 0. The molecule has 0 radical (unpaired) electrons. The van der Waals surface area contributed by atoms with Crippen molar-refractivity contribution < 1.29 is 4.79 Å². The maximum Gasteiger partial charge on any atom is 0.241 e. The predicted molar refractivity (Wildman–Crippen MR) is 60.7 cm³/mol. The third-order valence-electron chi connectivity index (χ3n) is 1.63. The summed E-state index contributed by atoms with van der Waals surface area (Å²) in [5.41, 5.74) is 6.93. The summed E-state index contributed by atoms with van der Waals surface area (Å²) in [5.74, 6) is -0.418. The minimum Gasteiger partial charge on any atom is -0.366 e. The molecule has 0 rings (SSSR count). The predicted octanol–water partition coefficient (Wildman–Crippen LogP) is 2.50. The van der Waals surface area contributed by atoms with Crippen molar-refractivity contribution in [3.63, 3.8) is 0 Å². The van der Waals surface area contributed by atoms with Crippen LogP contribution in [0.2, 0.25) is 0 Å². The van der Waals surface area contributed by atoms with Gasteiger partial charge in [0.2, 0.25) is 5.91 Å². The summed E-state index contributed by atoms with van der Waals surface area (Å²) in [6.07, 6.45) is 11.1. The van der Waals surface area contributed by atoms with Crippen LogP contribution in [0.25, 0.3) is 0 Å². The highest BCUT2D eigenvalue weighted by Gasteiger charge is 1.96. The number of hydrogen-bond donors (Lipinski definition) is 1. The molecule has 0 aromatic heterocycles. The molecule has 0 aliphatic carbocycles. The summed E-state index contributed by atoms with van der Waals surface area (Å²) in [5, 5.41) is 0. The molecule has 14 heavy (non-hydrogen) atoms. The lowest BCUT2D eigenvalue weighted by Crippen LogP contribution is -2.07. The second-order valence-electron chi connectivity index (χ2n) is 2.88. The molecule has 0 bridgehead atoms. The molecule has 0 unspecified atom stereocenters. The molecule has 1 amide bonds. The number of carbonyl (C=O) groups is 1. The number of hydrogen-bond acceptors (Lipinski definition) is 1. The molecule has 0 heterocycles.